The molecular weight excluding hydrogens is 476 g/mol. The number of likely N-dealkylation sites (tertiary alicyclic amines) is 2. The molecule has 0 aromatic carbocycles. The van der Waals surface area contributed by atoms with E-state index in [0.717, 1.165) is 50.1 Å². The minimum atomic E-state index is 0. The van der Waals surface area contributed by atoms with E-state index in [4.69, 9.17) is 0 Å². The van der Waals surface area contributed by atoms with Crippen LogP contribution in [0.15, 0.2) is 22.9 Å². The highest BCUT2D eigenvalue weighted by Gasteiger charge is 2.13. The first kappa shape index (κ1) is 27.8. The summed E-state index contributed by atoms with van der Waals surface area (Å²) in [5, 5.41) is 9.90. The highest BCUT2D eigenvalue weighted by atomic mass is 32.1. The molecule has 4 heterocycles. The lowest BCUT2D eigenvalue weighted by molar-refractivity contribution is 0.0940. The molecule has 2 aromatic heterocycles. The third-order valence-corrected chi connectivity index (χ3v) is 8.77. The fourth-order valence-corrected chi connectivity index (χ4v) is 6.05. The highest BCUT2D eigenvalue weighted by Crippen LogP contribution is 2.16. The summed E-state index contributed by atoms with van der Waals surface area (Å²) in [5.41, 5.74) is 1.63. The van der Waals surface area contributed by atoms with E-state index < -0.39 is 0 Å². The second-order valence-electron chi connectivity index (χ2n) is 9.27. The lowest BCUT2D eigenvalue weighted by Gasteiger charge is -2.26. The fraction of sp³-hybridized carbons (Fsp3) is 0.630. The van der Waals surface area contributed by atoms with Crippen LogP contribution in [0, 0.1) is 0 Å². The Morgan fingerprint density at radius 1 is 0.743 bits per heavy atom. The van der Waals surface area contributed by atoms with Crippen molar-refractivity contribution in [2.24, 2.45) is 0 Å². The number of rotatable bonds is 10. The van der Waals surface area contributed by atoms with Gasteiger partial charge in [0.15, 0.2) is 0 Å². The molecule has 0 bridgehead atoms. The largest absolute Gasteiger partial charge is 0.351 e. The Hall–Kier alpha value is -1.74. The van der Waals surface area contributed by atoms with Crippen LogP contribution in [0.2, 0.25) is 0 Å². The van der Waals surface area contributed by atoms with Crippen LogP contribution in [0.5, 0.6) is 0 Å². The van der Waals surface area contributed by atoms with Crippen molar-refractivity contribution in [1.29, 1.82) is 0 Å². The summed E-state index contributed by atoms with van der Waals surface area (Å²) < 4.78 is 0. The minimum absolute atomic E-state index is 0. The molecule has 6 nitrogen and oxygen atoms in total. The summed E-state index contributed by atoms with van der Waals surface area (Å²) in [6.07, 6.45) is 8.59. The van der Waals surface area contributed by atoms with Gasteiger partial charge in [-0.3, -0.25) is 9.59 Å². The summed E-state index contributed by atoms with van der Waals surface area (Å²) >= 11 is 3.33. The first-order valence-corrected chi connectivity index (χ1v) is 15.0. The van der Waals surface area contributed by atoms with Crippen molar-refractivity contribution in [1.82, 2.24) is 20.4 Å². The molecule has 4 rings (SSSR count). The summed E-state index contributed by atoms with van der Waals surface area (Å²) in [4.78, 5) is 31.1. The topological polar surface area (TPSA) is 64.7 Å². The molecule has 198 valence electrons. The summed E-state index contributed by atoms with van der Waals surface area (Å²) in [6, 6.07) is 4.00. The third-order valence-electron chi connectivity index (χ3n) is 6.60. The number of piperidine rings is 1. The molecule has 2 saturated heterocycles. The van der Waals surface area contributed by atoms with E-state index in [9.17, 15) is 9.59 Å². The van der Waals surface area contributed by atoms with Crippen LogP contribution in [0.4, 0.5) is 0 Å². The Labute approximate surface area is 222 Å². The molecule has 0 spiro atoms. The van der Waals surface area contributed by atoms with Crippen molar-refractivity contribution in [3.05, 3.63) is 43.8 Å². The van der Waals surface area contributed by atoms with Crippen LogP contribution in [0.25, 0.3) is 0 Å². The smallest absolute Gasteiger partial charge is 0.252 e. The molecule has 2 aliphatic heterocycles. The van der Waals surface area contributed by atoms with Crippen molar-refractivity contribution in [3.63, 3.8) is 0 Å². The maximum Gasteiger partial charge on any atom is 0.252 e. The molecule has 0 aliphatic carbocycles. The number of nitrogens with zero attached hydrogens (tertiary/aromatic N) is 2. The summed E-state index contributed by atoms with van der Waals surface area (Å²) in [6.45, 7) is 12.5. The standard InChI is InChI=1S/C14H22N2OS.C13H20N2OS.2H2/c1-2-13-10-12(11-18-13)14(17)15-6-9-16-7-4-3-5-8-16;1-2-12-9-11(10-17-12)13(16)14-5-8-15-6-3-4-7-15;;/h10-11H,2-9H2,1H3,(H,15,17);9-10H,2-8H2,1H3,(H,14,16);2*1H. The first-order chi connectivity index (χ1) is 17.1. The van der Waals surface area contributed by atoms with Gasteiger partial charge in [-0.15, -0.1) is 22.7 Å². The number of amides is 2. The minimum Gasteiger partial charge on any atom is -0.351 e. The number of hydrogen-bond acceptors (Lipinski definition) is 6. The Bertz CT molecular complexity index is 910. The van der Waals surface area contributed by atoms with E-state index >= 15 is 0 Å². The molecular formula is C27H46N4O2S2. The van der Waals surface area contributed by atoms with Gasteiger partial charge < -0.3 is 20.4 Å². The predicted octanol–water partition coefficient (Wildman–Crippen LogP) is 5.15. The zero-order valence-electron chi connectivity index (χ0n) is 21.4. The van der Waals surface area contributed by atoms with Crippen molar-refractivity contribution in [2.45, 2.75) is 58.8 Å². The van der Waals surface area contributed by atoms with Crippen molar-refractivity contribution in [2.75, 3.05) is 52.4 Å². The van der Waals surface area contributed by atoms with Gasteiger partial charge in [0.1, 0.15) is 0 Å². The van der Waals surface area contributed by atoms with Gasteiger partial charge in [-0.2, -0.15) is 0 Å². The van der Waals surface area contributed by atoms with E-state index in [-0.39, 0.29) is 14.7 Å². The Balaban J connectivity index is 0.000000351. The normalized spacial score (nSPS) is 16.5. The zero-order valence-corrected chi connectivity index (χ0v) is 23.1. The van der Waals surface area contributed by atoms with Gasteiger partial charge in [-0.1, -0.05) is 20.3 Å². The van der Waals surface area contributed by atoms with Crippen LogP contribution < -0.4 is 10.6 Å². The number of carbonyl (C=O) groups is 2. The first-order valence-electron chi connectivity index (χ1n) is 13.2. The molecule has 0 saturated carbocycles. The monoisotopic (exact) mass is 522 g/mol. The van der Waals surface area contributed by atoms with Crippen LogP contribution in [-0.2, 0) is 12.8 Å². The number of hydrogen-bond donors (Lipinski definition) is 2. The van der Waals surface area contributed by atoms with Gasteiger partial charge in [0.05, 0.1) is 11.1 Å². The van der Waals surface area contributed by atoms with Gasteiger partial charge in [-0.05, 0) is 76.8 Å². The molecule has 0 unspecified atom stereocenters. The van der Waals surface area contributed by atoms with E-state index in [1.54, 1.807) is 22.7 Å². The molecule has 0 atom stereocenters. The number of nitrogens with one attached hydrogen (secondary N) is 2. The van der Waals surface area contributed by atoms with Gasteiger partial charge in [0.25, 0.3) is 11.8 Å². The average Bonchev–Trinajstić information content (AvgIpc) is 3.67. The van der Waals surface area contributed by atoms with Crippen LogP contribution in [-0.4, -0.2) is 74.0 Å². The Morgan fingerprint density at radius 2 is 1.14 bits per heavy atom. The van der Waals surface area contributed by atoms with Crippen LogP contribution in [0.1, 0.15) is 79.3 Å². The van der Waals surface area contributed by atoms with Crippen molar-refractivity contribution < 1.29 is 12.4 Å². The van der Waals surface area contributed by atoms with Crippen LogP contribution >= 0.6 is 22.7 Å². The van der Waals surface area contributed by atoms with E-state index in [0.29, 0.717) is 0 Å². The van der Waals surface area contributed by atoms with Crippen molar-refractivity contribution >= 4 is 34.5 Å². The summed E-state index contributed by atoms with van der Waals surface area (Å²) in [7, 11) is 0. The third kappa shape index (κ3) is 9.67. The quantitative estimate of drug-likeness (QED) is 0.453. The van der Waals surface area contributed by atoms with Gasteiger partial charge in [0.2, 0.25) is 0 Å². The number of aryl methyl sites for hydroxylation is 2. The fourth-order valence-electron chi connectivity index (χ4n) is 4.42. The van der Waals surface area contributed by atoms with Gasteiger partial charge in [0, 0.05) is 49.5 Å². The zero-order chi connectivity index (χ0) is 24.9. The molecule has 2 amide bonds. The number of carbonyl (C=O) groups excluding carboxylic acids is 2. The Morgan fingerprint density at radius 3 is 1.51 bits per heavy atom. The average molecular weight is 523 g/mol. The molecule has 35 heavy (non-hydrogen) atoms. The van der Waals surface area contributed by atoms with E-state index in [1.807, 2.05) is 22.9 Å². The summed E-state index contributed by atoms with van der Waals surface area (Å²) in [5.74, 6) is 0.142. The highest BCUT2D eigenvalue weighted by molar-refractivity contribution is 7.10. The Kier molecular flexibility index (Phi) is 12.2. The van der Waals surface area contributed by atoms with E-state index in [2.05, 4.69) is 34.3 Å². The molecule has 2 fully saturated rings. The number of thiophene rings is 2. The molecule has 2 aromatic rings. The molecule has 2 N–H and O–H groups in total. The maximum atomic E-state index is 11.9. The molecule has 8 heteroatoms. The SMILES string of the molecule is CCc1cc(C(=O)NCCN2CCCC2)cs1.CCc1cc(C(=O)NCCN2CCCCC2)cs1.[HH].[HH]. The van der Waals surface area contributed by atoms with Gasteiger partial charge in [-0.25, -0.2) is 0 Å². The molecule has 2 aliphatic rings. The van der Waals surface area contributed by atoms with Crippen molar-refractivity contribution in [3.8, 4) is 0 Å². The van der Waals surface area contributed by atoms with E-state index in [1.165, 1.54) is 68.0 Å². The predicted molar refractivity (Wildman–Crippen MR) is 152 cm³/mol. The maximum absolute atomic E-state index is 11.9. The molecule has 0 radical (unpaired) electrons. The lowest BCUT2D eigenvalue weighted by atomic mass is 10.1. The second kappa shape index (κ2) is 15.4. The van der Waals surface area contributed by atoms with Gasteiger partial charge >= 0.3 is 0 Å². The lowest BCUT2D eigenvalue weighted by Crippen LogP contribution is -2.37. The second-order valence-corrected chi connectivity index (χ2v) is 11.3. The van der Waals surface area contributed by atoms with Crippen LogP contribution in [0.3, 0.4) is 0 Å².